The van der Waals surface area contributed by atoms with Crippen LogP contribution >= 0.6 is 0 Å². The SMILES string of the molecule is Cn1cc(/C=C2\Oc3ccc(O)cc3C2=O)c2c(-c3ccccc3)cccc21. The number of fused-ring (bicyclic) bond motifs is 2. The van der Waals surface area contributed by atoms with Gasteiger partial charge in [-0.05, 0) is 41.5 Å². The number of benzene rings is 3. The maximum Gasteiger partial charge on any atom is 0.232 e. The van der Waals surface area contributed by atoms with Crippen molar-refractivity contribution in [2.75, 3.05) is 0 Å². The second kappa shape index (κ2) is 6.13. The molecule has 5 rings (SSSR count). The molecule has 1 N–H and O–H groups in total. The number of ketones is 1. The van der Waals surface area contributed by atoms with Gasteiger partial charge in [0.1, 0.15) is 11.5 Å². The fourth-order valence-electron chi connectivity index (χ4n) is 3.77. The summed E-state index contributed by atoms with van der Waals surface area (Å²) in [5.74, 6) is 0.558. The molecule has 0 saturated heterocycles. The number of aromatic hydroxyl groups is 1. The van der Waals surface area contributed by atoms with Gasteiger partial charge in [-0.15, -0.1) is 0 Å². The monoisotopic (exact) mass is 367 g/mol. The molecule has 0 amide bonds. The molecule has 0 bridgehead atoms. The third-order valence-electron chi connectivity index (χ3n) is 5.07. The quantitative estimate of drug-likeness (QED) is 0.498. The Balaban J connectivity index is 1.69. The molecule has 1 aromatic heterocycles. The summed E-state index contributed by atoms with van der Waals surface area (Å²) in [5, 5.41) is 10.7. The number of aryl methyl sites for hydroxylation is 1. The molecule has 0 atom stereocenters. The summed E-state index contributed by atoms with van der Waals surface area (Å²) in [6, 6.07) is 20.9. The van der Waals surface area contributed by atoms with Crippen molar-refractivity contribution in [3.8, 4) is 22.6 Å². The first-order chi connectivity index (χ1) is 13.6. The maximum absolute atomic E-state index is 12.7. The second-order valence-electron chi connectivity index (χ2n) is 6.88. The highest BCUT2D eigenvalue weighted by Gasteiger charge is 2.28. The highest BCUT2D eigenvalue weighted by molar-refractivity contribution is 6.15. The van der Waals surface area contributed by atoms with E-state index >= 15 is 0 Å². The molecule has 1 aliphatic rings. The van der Waals surface area contributed by atoms with Gasteiger partial charge in [-0.25, -0.2) is 0 Å². The Bertz CT molecular complexity index is 1270. The number of carbonyl (C=O) groups is 1. The van der Waals surface area contributed by atoms with E-state index in [-0.39, 0.29) is 17.3 Å². The largest absolute Gasteiger partial charge is 0.508 e. The van der Waals surface area contributed by atoms with E-state index < -0.39 is 0 Å². The number of nitrogens with zero attached hydrogens (tertiary/aromatic N) is 1. The highest BCUT2D eigenvalue weighted by Crippen LogP contribution is 2.37. The predicted molar refractivity (Wildman–Crippen MR) is 109 cm³/mol. The summed E-state index contributed by atoms with van der Waals surface area (Å²) >= 11 is 0. The molecule has 0 aliphatic carbocycles. The van der Waals surface area contributed by atoms with Crippen LogP contribution in [0.2, 0.25) is 0 Å². The molecule has 4 nitrogen and oxygen atoms in total. The van der Waals surface area contributed by atoms with E-state index in [1.165, 1.54) is 12.1 Å². The molecule has 3 aromatic carbocycles. The number of aromatic nitrogens is 1. The van der Waals surface area contributed by atoms with Crippen molar-refractivity contribution >= 4 is 22.8 Å². The summed E-state index contributed by atoms with van der Waals surface area (Å²) in [7, 11) is 1.99. The van der Waals surface area contributed by atoms with Crippen LogP contribution in [0.3, 0.4) is 0 Å². The van der Waals surface area contributed by atoms with Crippen LogP contribution in [-0.2, 0) is 7.05 Å². The van der Waals surface area contributed by atoms with Crippen molar-refractivity contribution in [2.24, 2.45) is 7.05 Å². The molecular formula is C24H17NO3. The number of ether oxygens (including phenoxy) is 1. The first-order valence-electron chi connectivity index (χ1n) is 9.02. The van der Waals surface area contributed by atoms with Gasteiger partial charge in [-0.3, -0.25) is 4.79 Å². The average molecular weight is 367 g/mol. The molecule has 4 heteroatoms. The lowest BCUT2D eigenvalue weighted by atomic mass is 9.98. The van der Waals surface area contributed by atoms with Crippen molar-refractivity contribution < 1.29 is 14.6 Å². The lowest BCUT2D eigenvalue weighted by Gasteiger charge is -2.06. The third kappa shape index (κ3) is 2.50. The normalized spacial score (nSPS) is 14.5. The topological polar surface area (TPSA) is 51.5 Å². The highest BCUT2D eigenvalue weighted by atomic mass is 16.5. The van der Waals surface area contributed by atoms with Crippen LogP contribution in [0.1, 0.15) is 15.9 Å². The second-order valence-corrected chi connectivity index (χ2v) is 6.88. The number of phenols is 1. The Morgan fingerprint density at radius 1 is 0.964 bits per heavy atom. The van der Waals surface area contributed by atoms with Crippen molar-refractivity contribution in [2.45, 2.75) is 0 Å². The number of allylic oxidation sites excluding steroid dienone is 1. The van der Waals surface area contributed by atoms with Gasteiger partial charge >= 0.3 is 0 Å². The Kier molecular flexibility index (Phi) is 3.59. The number of phenolic OH excluding ortho intramolecular Hbond substituents is 1. The van der Waals surface area contributed by atoms with Crippen LogP contribution in [0.5, 0.6) is 11.5 Å². The summed E-state index contributed by atoms with van der Waals surface area (Å²) in [6.07, 6.45) is 3.79. The first kappa shape index (κ1) is 16.4. The minimum atomic E-state index is -0.222. The Hall–Kier alpha value is -3.79. The van der Waals surface area contributed by atoms with Crippen LogP contribution < -0.4 is 4.74 Å². The molecule has 0 saturated carbocycles. The molecule has 4 aromatic rings. The summed E-state index contributed by atoms with van der Waals surface area (Å²) in [4.78, 5) is 12.7. The van der Waals surface area contributed by atoms with Gasteiger partial charge in [0.2, 0.25) is 5.78 Å². The van der Waals surface area contributed by atoms with E-state index in [4.69, 9.17) is 4.74 Å². The maximum atomic E-state index is 12.7. The third-order valence-corrected chi connectivity index (χ3v) is 5.07. The van der Waals surface area contributed by atoms with Crippen molar-refractivity contribution in [3.63, 3.8) is 0 Å². The Labute approximate surface area is 161 Å². The van der Waals surface area contributed by atoms with E-state index in [2.05, 4.69) is 24.3 Å². The molecule has 28 heavy (non-hydrogen) atoms. The zero-order valence-corrected chi connectivity index (χ0v) is 15.2. The van der Waals surface area contributed by atoms with Gasteiger partial charge in [-0.2, -0.15) is 0 Å². The predicted octanol–water partition coefficient (Wildman–Crippen LogP) is 5.17. The number of hydrogen-bond donors (Lipinski definition) is 1. The van der Waals surface area contributed by atoms with Crippen LogP contribution in [-0.4, -0.2) is 15.5 Å². The standard InChI is InChI=1S/C24H17NO3/c1-25-14-16(12-22-24(27)19-13-17(26)10-11-21(19)28-22)23-18(8-5-9-20(23)25)15-6-3-2-4-7-15/h2-14,26H,1H3/b22-12-. The molecule has 0 radical (unpaired) electrons. The average Bonchev–Trinajstić information content (AvgIpc) is 3.20. The number of carbonyl (C=O) groups excluding carboxylic acids is 1. The molecular weight excluding hydrogens is 350 g/mol. The lowest BCUT2D eigenvalue weighted by molar-refractivity contribution is 0.101. The smallest absolute Gasteiger partial charge is 0.232 e. The van der Waals surface area contributed by atoms with Crippen LogP contribution in [0.25, 0.3) is 28.1 Å². The zero-order chi connectivity index (χ0) is 19.3. The van der Waals surface area contributed by atoms with Crippen molar-refractivity contribution in [1.29, 1.82) is 0 Å². The van der Waals surface area contributed by atoms with Crippen LogP contribution in [0, 0.1) is 0 Å². The van der Waals surface area contributed by atoms with E-state index in [0.29, 0.717) is 11.3 Å². The van der Waals surface area contributed by atoms with Gasteiger partial charge in [0.25, 0.3) is 0 Å². The minimum absolute atomic E-state index is 0.0495. The molecule has 1 aliphatic heterocycles. The number of Topliss-reactive ketones (excluding diaryl/α,β-unsaturated/α-hetero) is 1. The van der Waals surface area contributed by atoms with Gasteiger partial charge in [0.15, 0.2) is 5.76 Å². The molecule has 136 valence electrons. The molecule has 0 fully saturated rings. The fourth-order valence-corrected chi connectivity index (χ4v) is 3.77. The first-order valence-corrected chi connectivity index (χ1v) is 9.02. The summed E-state index contributed by atoms with van der Waals surface area (Å²) < 4.78 is 7.82. The lowest BCUT2D eigenvalue weighted by Crippen LogP contribution is -1.98. The number of rotatable bonds is 2. The van der Waals surface area contributed by atoms with E-state index in [0.717, 1.165) is 27.6 Å². The zero-order valence-electron chi connectivity index (χ0n) is 15.2. The Morgan fingerprint density at radius 2 is 1.79 bits per heavy atom. The molecule has 0 unspecified atom stereocenters. The van der Waals surface area contributed by atoms with Crippen molar-refractivity contribution in [3.05, 3.63) is 89.8 Å². The van der Waals surface area contributed by atoms with Gasteiger partial charge in [0, 0.05) is 29.7 Å². The van der Waals surface area contributed by atoms with Crippen LogP contribution in [0.4, 0.5) is 0 Å². The van der Waals surface area contributed by atoms with Crippen molar-refractivity contribution in [1.82, 2.24) is 4.57 Å². The van der Waals surface area contributed by atoms with E-state index in [1.807, 2.05) is 42.1 Å². The molecule has 2 heterocycles. The van der Waals surface area contributed by atoms with Gasteiger partial charge in [0.05, 0.1) is 5.56 Å². The van der Waals surface area contributed by atoms with E-state index in [9.17, 15) is 9.90 Å². The van der Waals surface area contributed by atoms with Crippen LogP contribution in [0.15, 0.2) is 78.7 Å². The summed E-state index contributed by atoms with van der Waals surface area (Å²) in [5.41, 5.74) is 4.60. The van der Waals surface area contributed by atoms with E-state index in [1.54, 1.807) is 12.1 Å². The summed E-state index contributed by atoms with van der Waals surface area (Å²) in [6.45, 7) is 0. The number of hydrogen-bond acceptors (Lipinski definition) is 3. The van der Waals surface area contributed by atoms with Gasteiger partial charge in [-0.1, -0.05) is 42.5 Å². The Morgan fingerprint density at radius 3 is 2.61 bits per heavy atom. The fraction of sp³-hybridized carbons (Fsp3) is 0.0417. The molecule has 0 spiro atoms. The minimum Gasteiger partial charge on any atom is -0.508 e. The van der Waals surface area contributed by atoms with Gasteiger partial charge < -0.3 is 14.4 Å².